The largest absolute Gasteiger partial charge is 2.00 e. The Bertz CT molecular complexity index is 1040. The van der Waals surface area contributed by atoms with Crippen molar-refractivity contribution in [3.8, 4) is 27.4 Å². The Morgan fingerprint density at radius 2 is 1.55 bits per heavy atom. The van der Waals surface area contributed by atoms with E-state index in [-0.39, 0.29) is 21.1 Å². The van der Waals surface area contributed by atoms with Crippen LogP contribution in [0.3, 0.4) is 0 Å². The number of aromatic nitrogens is 3. The molecule has 0 saturated carbocycles. The zero-order valence-corrected chi connectivity index (χ0v) is 18.5. The van der Waals surface area contributed by atoms with Gasteiger partial charge >= 0.3 is 21.1 Å². The van der Waals surface area contributed by atoms with E-state index in [1.54, 1.807) is 17.5 Å². The molecule has 29 heavy (non-hydrogen) atoms. The summed E-state index contributed by atoms with van der Waals surface area (Å²) in [5.74, 6) is 0. The molecule has 5 rings (SSSR count). The Kier molecular flexibility index (Phi) is 7.68. The number of benzene rings is 3. The number of hydrogen-bond donors (Lipinski definition) is 0. The molecular formula is C24H17N3PtS. The van der Waals surface area contributed by atoms with E-state index in [0.29, 0.717) is 0 Å². The minimum atomic E-state index is 0. The summed E-state index contributed by atoms with van der Waals surface area (Å²) in [6.45, 7) is 0. The zero-order chi connectivity index (χ0) is 19.0. The maximum atomic E-state index is 4.35. The van der Waals surface area contributed by atoms with Crippen molar-refractivity contribution in [3.63, 3.8) is 0 Å². The van der Waals surface area contributed by atoms with Gasteiger partial charge in [-0.25, -0.2) is 0 Å². The summed E-state index contributed by atoms with van der Waals surface area (Å²) < 4.78 is 1.84. The Morgan fingerprint density at radius 1 is 0.793 bits per heavy atom. The minimum Gasteiger partial charge on any atom is -0.293 e. The second-order valence-electron chi connectivity index (χ2n) is 5.90. The van der Waals surface area contributed by atoms with Crippen LogP contribution in [-0.4, -0.2) is 14.8 Å². The van der Waals surface area contributed by atoms with Gasteiger partial charge in [-0.1, -0.05) is 30.3 Å². The fraction of sp³-hybridized carbons (Fsp3) is 0. The molecule has 0 spiro atoms. The smallest absolute Gasteiger partial charge is 0.293 e. The van der Waals surface area contributed by atoms with Crippen molar-refractivity contribution in [2.24, 2.45) is 0 Å². The SMILES string of the molecule is [Pt+2].[c-]1ccccc1-c1nccs1.[c-]1ccccc1-n1cc(-c2ccccc2)cn1. The maximum Gasteiger partial charge on any atom is 2.00 e. The molecule has 144 valence electrons. The van der Waals surface area contributed by atoms with Crippen LogP contribution in [0.4, 0.5) is 0 Å². The second kappa shape index (κ2) is 10.7. The van der Waals surface area contributed by atoms with Gasteiger partial charge in [0.25, 0.3) is 0 Å². The average molecular weight is 575 g/mol. The third-order valence-corrected chi connectivity index (χ3v) is 4.81. The van der Waals surface area contributed by atoms with Crippen molar-refractivity contribution in [1.29, 1.82) is 0 Å². The van der Waals surface area contributed by atoms with Crippen LogP contribution in [0.1, 0.15) is 0 Å². The summed E-state index contributed by atoms with van der Waals surface area (Å²) in [4.78, 5) is 4.17. The molecule has 0 unspecified atom stereocenters. The van der Waals surface area contributed by atoms with E-state index in [4.69, 9.17) is 0 Å². The van der Waals surface area contributed by atoms with E-state index in [0.717, 1.165) is 21.8 Å². The van der Waals surface area contributed by atoms with Crippen molar-refractivity contribution in [3.05, 3.63) is 115 Å². The zero-order valence-electron chi connectivity index (χ0n) is 15.4. The van der Waals surface area contributed by atoms with Crippen LogP contribution in [0.5, 0.6) is 0 Å². The summed E-state index contributed by atoms with van der Waals surface area (Å²) in [5.41, 5.74) is 4.31. The van der Waals surface area contributed by atoms with Crippen LogP contribution in [-0.2, 0) is 21.1 Å². The average Bonchev–Trinajstić information content (AvgIpc) is 3.49. The Balaban J connectivity index is 0.000000174. The minimum absolute atomic E-state index is 0. The molecule has 2 aromatic heterocycles. The topological polar surface area (TPSA) is 30.7 Å². The molecule has 0 radical (unpaired) electrons. The van der Waals surface area contributed by atoms with Crippen molar-refractivity contribution in [2.45, 2.75) is 0 Å². The molecule has 0 saturated heterocycles. The van der Waals surface area contributed by atoms with Gasteiger partial charge in [-0.15, -0.1) is 42.0 Å². The second-order valence-corrected chi connectivity index (χ2v) is 6.80. The maximum absolute atomic E-state index is 4.35. The molecule has 0 aliphatic carbocycles. The van der Waals surface area contributed by atoms with Gasteiger partial charge in [0.05, 0.1) is 6.20 Å². The van der Waals surface area contributed by atoms with Crippen LogP contribution in [0, 0.1) is 12.1 Å². The number of rotatable bonds is 3. The summed E-state index contributed by atoms with van der Waals surface area (Å²) >= 11 is 1.63. The molecule has 0 atom stereocenters. The Labute approximate surface area is 189 Å². The normalized spacial score (nSPS) is 9.79. The fourth-order valence-electron chi connectivity index (χ4n) is 2.64. The predicted molar refractivity (Wildman–Crippen MR) is 114 cm³/mol. The van der Waals surface area contributed by atoms with Gasteiger partial charge < -0.3 is 0 Å². The van der Waals surface area contributed by atoms with Crippen LogP contribution >= 0.6 is 11.3 Å². The van der Waals surface area contributed by atoms with Crippen molar-refractivity contribution in [1.82, 2.24) is 14.8 Å². The number of thiazole rings is 1. The first-order valence-electron chi connectivity index (χ1n) is 8.84. The Hall–Kier alpha value is -2.81. The fourth-order valence-corrected chi connectivity index (χ4v) is 3.27. The molecule has 0 bridgehead atoms. The summed E-state index contributed by atoms with van der Waals surface area (Å²) in [6.07, 6.45) is 5.69. The van der Waals surface area contributed by atoms with Crippen molar-refractivity contribution >= 4 is 11.3 Å². The van der Waals surface area contributed by atoms with E-state index in [9.17, 15) is 0 Å². The molecule has 3 nitrogen and oxygen atoms in total. The van der Waals surface area contributed by atoms with E-state index < -0.39 is 0 Å². The van der Waals surface area contributed by atoms with Crippen molar-refractivity contribution < 1.29 is 21.1 Å². The first-order chi connectivity index (χ1) is 13.9. The molecule has 0 aliphatic rings. The van der Waals surface area contributed by atoms with E-state index in [1.165, 1.54) is 5.56 Å². The molecule has 0 amide bonds. The molecule has 0 fully saturated rings. The van der Waals surface area contributed by atoms with Gasteiger partial charge in [0, 0.05) is 28.3 Å². The molecule has 0 aliphatic heterocycles. The summed E-state index contributed by atoms with van der Waals surface area (Å²) in [6, 6.07) is 32.2. The molecule has 2 heterocycles. The molecule has 0 N–H and O–H groups in total. The van der Waals surface area contributed by atoms with Gasteiger partial charge in [0.1, 0.15) is 0 Å². The van der Waals surface area contributed by atoms with Crippen LogP contribution < -0.4 is 0 Å². The van der Waals surface area contributed by atoms with Gasteiger partial charge in [-0.3, -0.25) is 9.67 Å². The van der Waals surface area contributed by atoms with Crippen molar-refractivity contribution in [2.75, 3.05) is 0 Å². The summed E-state index contributed by atoms with van der Waals surface area (Å²) in [7, 11) is 0. The first-order valence-corrected chi connectivity index (χ1v) is 9.72. The van der Waals surface area contributed by atoms with Gasteiger partial charge in [-0.2, -0.15) is 40.7 Å². The standard InChI is InChI=1S/C15H11N2.C9H6NS.Pt/c1-3-7-13(8-4-1)14-11-16-17(12-14)15-9-5-2-6-10-15;1-2-4-8(5-3-1)9-10-6-7-11-9;/h1-9,11-12H;1-4,6-7H;/q2*-1;+2. The third-order valence-electron chi connectivity index (χ3n) is 4.00. The van der Waals surface area contributed by atoms with Gasteiger partial charge in [0.15, 0.2) is 0 Å². The molecule has 5 heteroatoms. The number of nitrogens with zero attached hydrogens (tertiary/aromatic N) is 3. The number of para-hydroxylation sites is 1. The van der Waals surface area contributed by atoms with Crippen LogP contribution in [0.15, 0.2) is 103 Å². The Morgan fingerprint density at radius 3 is 2.21 bits per heavy atom. The molecule has 3 aromatic carbocycles. The summed E-state index contributed by atoms with van der Waals surface area (Å²) in [5, 5.41) is 7.35. The van der Waals surface area contributed by atoms with Gasteiger partial charge in [-0.05, 0) is 11.3 Å². The van der Waals surface area contributed by atoms with E-state index >= 15 is 0 Å². The van der Waals surface area contributed by atoms with Gasteiger partial charge in [0.2, 0.25) is 0 Å². The number of hydrogen-bond acceptors (Lipinski definition) is 3. The molecular weight excluding hydrogens is 557 g/mol. The predicted octanol–water partition coefficient (Wildman–Crippen LogP) is 5.95. The van der Waals surface area contributed by atoms with E-state index in [1.807, 2.05) is 89.2 Å². The quantitative estimate of drug-likeness (QED) is 0.250. The molecule has 5 aromatic rings. The van der Waals surface area contributed by atoms with Crippen LogP contribution in [0.2, 0.25) is 0 Å². The van der Waals surface area contributed by atoms with Crippen LogP contribution in [0.25, 0.3) is 27.4 Å². The van der Waals surface area contributed by atoms with E-state index in [2.05, 4.69) is 34.3 Å². The first kappa shape index (κ1) is 20.9. The monoisotopic (exact) mass is 574 g/mol. The third kappa shape index (κ3) is 5.60.